The number of β-amino-alcohol motifs (C(OH)–C–C–N with tert-alkyl or cyclic N) is 1. The zero-order valence-electron chi connectivity index (χ0n) is 10.7. The molecular weight excluding hydrogens is 206 g/mol. The van der Waals surface area contributed by atoms with E-state index in [4.69, 9.17) is 4.74 Å². The zero-order chi connectivity index (χ0) is 12.4. The highest BCUT2D eigenvalue weighted by Gasteiger charge is 2.43. The maximum absolute atomic E-state index is 11.5. The molecule has 0 unspecified atom stereocenters. The summed E-state index contributed by atoms with van der Waals surface area (Å²) in [4.78, 5) is 13.6. The summed E-state index contributed by atoms with van der Waals surface area (Å²) in [5, 5.41) is 10.0. The number of carbonyl (C=O) groups is 1. The SMILES string of the molecule is CCCC1(O)CN(CC(C)(C)C(=O)OC)C1. The van der Waals surface area contributed by atoms with Crippen molar-refractivity contribution in [1.29, 1.82) is 0 Å². The quantitative estimate of drug-likeness (QED) is 0.715. The lowest BCUT2D eigenvalue weighted by molar-refractivity contribution is -0.158. The Kier molecular flexibility index (Phi) is 3.97. The largest absolute Gasteiger partial charge is 0.469 e. The minimum atomic E-state index is -0.527. The molecule has 0 aromatic rings. The van der Waals surface area contributed by atoms with E-state index in [-0.39, 0.29) is 5.97 Å². The van der Waals surface area contributed by atoms with Crippen LogP contribution >= 0.6 is 0 Å². The molecule has 0 radical (unpaired) electrons. The maximum Gasteiger partial charge on any atom is 0.312 e. The van der Waals surface area contributed by atoms with Crippen molar-refractivity contribution in [2.45, 2.75) is 39.2 Å². The van der Waals surface area contributed by atoms with Gasteiger partial charge < -0.3 is 9.84 Å². The molecule has 1 N–H and O–H groups in total. The Labute approximate surface area is 97.6 Å². The van der Waals surface area contributed by atoms with Crippen LogP contribution in [0.2, 0.25) is 0 Å². The van der Waals surface area contributed by atoms with Crippen LogP contribution in [0, 0.1) is 5.41 Å². The van der Waals surface area contributed by atoms with Crippen LogP contribution in [-0.4, -0.2) is 48.3 Å². The first-order chi connectivity index (χ1) is 7.33. The number of hydrogen-bond donors (Lipinski definition) is 1. The molecule has 1 aliphatic rings. The van der Waals surface area contributed by atoms with Gasteiger partial charge in [0.25, 0.3) is 0 Å². The van der Waals surface area contributed by atoms with Crippen molar-refractivity contribution in [3.63, 3.8) is 0 Å². The summed E-state index contributed by atoms with van der Waals surface area (Å²) in [6.07, 6.45) is 1.83. The second-order valence-electron chi connectivity index (χ2n) is 5.49. The third-order valence-corrected chi connectivity index (χ3v) is 3.11. The summed E-state index contributed by atoms with van der Waals surface area (Å²) in [6, 6.07) is 0. The molecule has 1 rings (SSSR count). The van der Waals surface area contributed by atoms with E-state index in [0.29, 0.717) is 19.6 Å². The highest BCUT2D eigenvalue weighted by atomic mass is 16.5. The van der Waals surface area contributed by atoms with Gasteiger partial charge in [0.2, 0.25) is 0 Å². The van der Waals surface area contributed by atoms with Crippen LogP contribution in [0.5, 0.6) is 0 Å². The van der Waals surface area contributed by atoms with Crippen molar-refractivity contribution in [3.8, 4) is 0 Å². The molecule has 0 aromatic heterocycles. The summed E-state index contributed by atoms with van der Waals surface area (Å²) in [6.45, 7) is 7.79. The van der Waals surface area contributed by atoms with Gasteiger partial charge in [-0.1, -0.05) is 13.3 Å². The molecule has 94 valence electrons. The molecule has 1 aliphatic heterocycles. The van der Waals surface area contributed by atoms with Crippen LogP contribution in [0.25, 0.3) is 0 Å². The lowest BCUT2D eigenvalue weighted by Gasteiger charge is -2.48. The van der Waals surface area contributed by atoms with Crippen LogP contribution in [0.15, 0.2) is 0 Å². The first kappa shape index (κ1) is 13.5. The fraction of sp³-hybridized carbons (Fsp3) is 0.917. The molecule has 0 bridgehead atoms. The first-order valence-corrected chi connectivity index (χ1v) is 5.86. The summed E-state index contributed by atoms with van der Waals surface area (Å²) in [7, 11) is 1.41. The Balaban J connectivity index is 2.39. The van der Waals surface area contributed by atoms with Crippen LogP contribution in [0.4, 0.5) is 0 Å². The Hall–Kier alpha value is -0.610. The van der Waals surface area contributed by atoms with Gasteiger partial charge in [0.05, 0.1) is 18.1 Å². The van der Waals surface area contributed by atoms with E-state index in [2.05, 4.69) is 11.8 Å². The Morgan fingerprint density at radius 2 is 2.06 bits per heavy atom. The molecule has 0 atom stereocenters. The number of rotatable bonds is 5. The van der Waals surface area contributed by atoms with Gasteiger partial charge >= 0.3 is 5.97 Å². The van der Waals surface area contributed by atoms with E-state index in [1.807, 2.05) is 13.8 Å². The van der Waals surface area contributed by atoms with E-state index in [9.17, 15) is 9.90 Å². The smallest absolute Gasteiger partial charge is 0.312 e. The van der Waals surface area contributed by atoms with Crippen LogP contribution in [-0.2, 0) is 9.53 Å². The third kappa shape index (κ3) is 2.95. The van der Waals surface area contributed by atoms with Gasteiger partial charge in [-0.15, -0.1) is 0 Å². The fourth-order valence-corrected chi connectivity index (χ4v) is 2.42. The Bertz CT molecular complexity index is 257. The maximum atomic E-state index is 11.5. The number of esters is 1. The molecule has 0 aromatic carbocycles. The summed E-state index contributed by atoms with van der Waals surface area (Å²) < 4.78 is 4.76. The molecule has 1 heterocycles. The second kappa shape index (κ2) is 4.72. The summed E-state index contributed by atoms with van der Waals surface area (Å²) >= 11 is 0. The monoisotopic (exact) mass is 229 g/mol. The molecule has 16 heavy (non-hydrogen) atoms. The van der Waals surface area contributed by atoms with Gasteiger partial charge in [-0.25, -0.2) is 0 Å². The number of hydrogen-bond acceptors (Lipinski definition) is 4. The molecule has 0 amide bonds. The normalized spacial score (nSPS) is 20.3. The van der Waals surface area contributed by atoms with Crippen LogP contribution < -0.4 is 0 Å². The number of aliphatic hydroxyl groups is 1. The van der Waals surface area contributed by atoms with Gasteiger partial charge in [0.1, 0.15) is 0 Å². The van der Waals surface area contributed by atoms with Gasteiger partial charge in [-0.05, 0) is 20.3 Å². The third-order valence-electron chi connectivity index (χ3n) is 3.11. The zero-order valence-corrected chi connectivity index (χ0v) is 10.7. The number of likely N-dealkylation sites (tertiary alicyclic amines) is 1. The minimum Gasteiger partial charge on any atom is -0.469 e. The van der Waals surface area contributed by atoms with Gasteiger partial charge in [-0.2, -0.15) is 0 Å². The van der Waals surface area contributed by atoms with Crippen molar-refractivity contribution < 1.29 is 14.6 Å². The highest BCUT2D eigenvalue weighted by Crippen LogP contribution is 2.29. The minimum absolute atomic E-state index is 0.196. The van der Waals surface area contributed by atoms with E-state index in [1.165, 1.54) is 7.11 Å². The predicted octanol–water partition coefficient (Wildman–Crippen LogP) is 1.03. The molecule has 0 saturated carbocycles. The van der Waals surface area contributed by atoms with E-state index in [0.717, 1.165) is 12.8 Å². The van der Waals surface area contributed by atoms with E-state index in [1.54, 1.807) is 0 Å². The van der Waals surface area contributed by atoms with Crippen molar-refractivity contribution in [3.05, 3.63) is 0 Å². The lowest BCUT2D eigenvalue weighted by atomic mass is 9.85. The number of methoxy groups -OCH3 is 1. The predicted molar refractivity (Wildman–Crippen MR) is 62.1 cm³/mol. The standard InChI is InChI=1S/C12H23NO3/c1-5-6-12(15)8-13(9-12)7-11(2,3)10(14)16-4/h15H,5-9H2,1-4H3. The van der Waals surface area contributed by atoms with E-state index < -0.39 is 11.0 Å². The molecule has 0 spiro atoms. The molecule has 1 saturated heterocycles. The second-order valence-corrected chi connectivity index (χ2v) is 5.49. The average Bonchev–Trinajstić information content (AvgIpc) is 2.14. The van der Waals surface area contributed by atoms with Gasteiger partial charge in [0.15, 0.2) is 0 Å². The summed E-state index contributed by atoms with van der Waals surface area (Å²) in [5.41, 5.74) is -1.02. The molecule has 4 heteroatoms. The number of nitrogens with zero attached hydrogens (tertiary/aromatic N) is 1. The van der Waals surface area contributed by atoms with Crippen LogP contribution in [0.3, 0.4) is 0 Å². The van der Waals surface area contributed by atoms with Crippen molar-refractivity contribution >= 4 is 5.97 Å². The van der Waals surface area contributed by atoms with Gasteiger partial charge in [0, 0.05) is 19.6 Å². The molecule has 0 aliphatic carbocycles. The van der Waals surface area contributed by atoms with Crippen molar-refractivity contribution in [2.75, 3.05) is 26.7 Å². The topological polar surface area (TPSA) is 49.8 Å². The highest BCUT2D eigenvalue weighted by molar-refractivity contribution is 5.76. The Morgan fingerprint density at radius 1 is 1.50 bits per heavy atom. The van der Waals surface area contributed by atoms with E-state index >= 15 is 0 Å². The lowest BCUT2D eigenvalue weighted by Crippen LogP contribution is -2.63. The Morgan fingerprint density at radius 3 is 2.50 bits per heavy atom. The molecule has 4 nitrogen and oxygen atoms in total. The number of carbonyl (C=O) groups excluding carboxylic acids is 1. The van der Waals surface area contributed by atoms with Crippen molar-refractivity contribution in [1.82, 2.24) is 4.90 Å². The first-order valence-electron chi connectivity index (χ1n) is 5.86. The average molecular weight is 229 g/mol. The summed E-state index contributed by atoms with van der Waals surface area (Å²) in [5.74, 6) is -0.196. The van der Waals surface area contributed by atoms with Crippen molar-refractivity contribution in [2.24, 2.45) is 5.41 Å². The fourth-order valence-electron chi connectivity index (χ4n) is 2.42. The number of ether oxygens (including phenoxy) is 1. The van der Waals surface area contributed by atoms with Gasteiger partial charge in [-0.3, -0.25) is 9.69 Å². The molecular formula is C12H23NO3. The molecule has 1 fully saturated rings. The van der Waals surface area contributed by atoms with Crippen LogP contribution in [0.1, 0.15) is 33.6 Å².